The fraction of sp³-hybridized carbons (Fsp3) is 0.643. The van der Waals surface area contributed by atoms with Crippen molar-refractivity contribution in [3.05, 3.63) is 18.1 Å². The van der Waals surface area contributed by atoms with Crippen LogP contribution in [0, 0.1) is 0 Å². The molecule has 5 nitrogen and oxygen atoms in total. The topological polar surface area (TPSA) is 66.9 Å². The van der Waals surface area contributed by atoms with Crippen molar-refractivity contribution in [2.24, 2.45) is 0 Å². The molecule has 0 atom stereocenters. The second kappa shape index (κ2) is 7.07. The van der Waals surface area contributed by atoms with Crippen LogP contribution in [0.2, 0.25) is 0 Å². The molecule has 1 heterocycles. The van der Waals surface area contributed by atoms with Crippen molar-refractivity contribution < 1.29 is 4.79 Å². The van der Waals surface area contributed by atoms with Crippen molar-refractivity contribution in [2.45, 2.75) is 52.5 Å². The average molecular weight is 264 g/mol. The van der Waals surface area contributed by atoms with E-state index in [1.54, 1.807) is 6.20 Å². The molecule has 0 aromatic carbocycles. The van der Waals surface area contributed by atoms with Crippen molar-refractivity contribution >= 4 is 11.7 Å². The summed E-state index contributed by atoms with van der Waals surface area (Å²) in [5, 5.41) is 6.10. The quantitative estimate of drug-likeness (QED) is 0.794. The molecule has 0 radical (unpaired) electrons. The van der Waals surface area contributed by atoms with Gasteiger partial charge in [0.15, 0.2) is 0 Å². The number of nitrogens with one attached hydrogen (secondary N) is 2. The molecule has 106 valence electrons. The zero-order chi connectivity index (χ0) is 14.3. The van der Waals surface area contributed by atoms with E-state index in [-0.39, 0.29) is 11.4 Å². The molecule has 1 amide bonds. The molecule has 1 rings (SSSR count). The number of aromatic nitrogens is 2. The highest BCUT2D eigenvalue weighted by Gasteiger charge is 2.20. The van der Waals surface area contributed by atoms with Crippen molar-refractivity contribution in [1.29, 1.82) is 0 Å². The highest BCUT2D eigenvalue weighted by molar-refractivity contribution is 5.92. The van der Waals surface area contributed by atoms with E-state index >= 15 is 0 Å². The van der Waals surface area contributed by atoms with E-state index in [1.165, 1.54) is 6.20 Å². The third-order valence-corrected chi connectivity index (χ3v) is 2.77. The molecule has 0 saturated heterocycles. The molecule has 0 aliphatic rings. The number of nitrogens with zero attached hydrogens (tertiary/aromatic N) is 2. The number of amides is 1. The van der Waals surface area contributed by atoms with Crippen LogP contribution in [0.5, 0.6) is 0 Å². The minimum absolute atomic E-state index is 0.173. The van der Waals surface area contributed by atoms with Crippen LogP contribution in [0.4, 0.5) is 5.82 Å². The molecule has 2 N–H and O–H groups in total. The third kappa shape index (κ3) is 5.24. The fourth-order valence-corrected chi connectivity index (χ4v) is 1.85. The lowest BCUT2D eigenvalue weighted by molar-refractivity contribution is 0.0903. The number of carbonyl (C=O) groups is 1. The Balaban J connectivity index is 2.62. The summed E-state index contributed by atoms with van der Waals surface area (Å²) >= 11 is 0. The third-order valence-electron chi connectivity index (χ3n) is 2.77. The monoisotopic (exact) mass is 264 g/mol. The lowest BCUT2D eigenvalue weighted by Crippen LogP contribution is -2.43. The number of hydrogen-bond donors (Lipinski definition) is 2. The number of carbonyl (C=O) groups excluding carboxylic acids is 1. The lowest BCUT2D eigenvalue weighted by atomic mass is 9.99. The Kier molecular flexibility index (Phi) is 5.73. The van der Waals surface area contributed by atoms with Gasteiger partial charge in [-0.3, -0.25) is 4.79 Å². The molecule has 5 heteroatoms. The van der Waals surface area contributed by atoms with E-state index in [9.17, 15) is 4.79 Å². The first-order valence-electron chi connectivity index (χ1n) is 6.87. The van der Waals surface area contributed by atoms with Gasteiger partial charge in [-0.1, -0.05) is 20.3 Å². The fourth-order valence-electron chi connectivity index (χ4n) is 1.85. The molecule has 1 aromatic heterocycles. The van der Waals surface area contributed by atoms with Crippen LogP contribution in [-0.4, -0.2) is 28.0 Å². The zero-order valence-electron chi connectivity index (χ0n) is 12.3. The van der Waals surface area contributed by atoms with Crippen molar-refractivity contribution in [3.63, 3.8) is 0 Å². The van der Waals surface area contributed by atoms with Crippen LogP contribution in [-0.2, 0) is 0 Å². The Labute approximate surface area is 115 Å². The first-order valence-corrected chi connectivity index (χ1v) is 6.87. The van der Waals surface area contributed by atoms with Gasteiger partial charge in [-0.25, -0.2) is 9.97 Å². The van der Waals surface area contributed by atoms with Crippen LogP contribution >= 0.6 is 0 Å². The van der Waals surface area contributed by atoms with Gasteiger partial charge in [-0.15, -0.1) is 0 Å². The van der Waals surface area contributed by atoms with Gasteiger partial charge in [0, 0.05) is 12.1 Å². The maximum Gasteiger partial charge on any atom is 0.271 e. The summed E-state index contributed by atoms with van der Waals surface area (Å²) in [7, 11) is 0. The SMILES string of the molecule is CCCNc1cnc(C(=O)NC(C)(C)CCC)cn1. The summed E-state index contributed by atoms with van der Waals surface area (Å²) < 4.78 is 0. The highest BCUT2D eigenvalue weighted by Crippen LogP contribution is 2.11. The molecule has 0 aliphatic heterocycles. The van der Waals surface area contributed by atoms with Crippen molar-refractivity contribution in [3.8, 4) is 0 Å². The maximum absolute atomic E-state index is 12.0. The molecule has 0 aliphatic carbocycles. The Morgan fingerprint density at radius 2 is 1.95 bits per heavy atom. The largest absolute Gasteiger partial charge is 0.369 e. The van der Waals surface area contributed by atoms with Crippen LogP contribution in [0.3, 0.4) is 0 Å². The molecule has 0 unspecified atom stereocenters. The van der Waals surface area contributed by atoms with Gasteiger partial charge in [0.1, 0.15) is 11.5 Å². The minimum Gasteiger partial charge on any atom is -0.369 e. The molecule has 1 aromatic rings. The van der Waals surface area contributed by atoms with Gasteiger partial charge in [-0.05, 0) is 26.7 Å². The van der Waals surface area contributed by atoms with E-state index in [4.69, 9.17) is 0 Å². The van der Waals surface area contributed by atoms with Crippen molar-refractivity contribution in [1.82, 2.24) is 15.3 Å². The Bertz CT molecular complexity index is 400. The standard InChI is InChI=1S/C14H24N4O/c1-5-7-14(3,4)18-13(19)11-9-17-12(10-16-11)15-8-6-2/h9-10H,5-8H2,1-4H3,(H,15,17)(H,18,19). The van der Waals surface area contributed by atoms with E-state index in [0.717, 1.165) is 25.8 Å². The first-order chi connectivity index (χ1) is 8.98. The molecular weight excluding hydrogens is 240 g/mol. The van der Waals surface area contributed by atoms with Crippen LogP contribution in [0.15, 0.2) is 12.4 Å². The second-order valence-corrected chi connectivity index (χ2v) is 5.30. The summed E-state index contributed by atoms with van der Waals surface area (Å²) in [6.07, 6.45) is 6.09. The van der Waals surface area contributed by atoms with Gasteiger partial charge in [-0.2, -0.15) is 0 Å². The Hall–Kier alpha value is -1.65. The smallest absolute Gasteiger partial charge is 0.271 e. The van der Waals surface area contributed by atoms with E-state index < -0.39 is 0 Å². The summed E-state index contributed by atoms with van der Waals surface area (Å²) in [6.45, 7) is 9.06. The predicted molar refractivity (Wildman–Crippen MR) is 77.3 cm³/mol. The lowest BCUT2D eigenvalue weighted by Gasteiger charge is -2.25. The van der Waals surface area contributed by atoms with Gasteiger partial charge in [0.25, 0.3) is 5.91 Å². The van der Waals surface area contributed by atoms with E-state index in [1.807, 2.05) is 13.8 Å². The summed E-state index contributed by atoms with van der Waals surface area (Å²) in [5.41, 5.74) is 0.137. The average Bonchev–Trinajstić information content (AvgIpc) is 2.36. The minimum atomic E-state index is -0.216. The van der Waals surface area contributed by atoms with Gasteiger partial charge < -0.3 is 10.6 Å². The van der Waals surface area contributed by atoms with Gasteiger partial charge >= 0.3 is 0 Å². The molecule has 0 fully saturated rings. The van der Waals surface area contributed by atoms with Crippen LogP contribution < -0.4 is 10.6 Å². The molecule has 0 saturated carbocycles. The number of rotatable bonds is 7. The molecular formula is C14H24N4O. The van der Waals surface area contributed by atoms with Gasteiger partial charge in [0.2, 0.25) is 0 Å². The van der Waals surface area contributed by atoms with Crippen LogP contribution in [0.25, 0.3) is 0 Å². The van der Waals surface area contributed by atoms with E-state index in [2.05, 4.69) is 34.4 Å². The number of anilines is 1. The van der Waals surface area contributed by atoms with Crippen LogP contribution in [0.1, 0.15) is 57.4 Å². The zero-order valence-corrected chi connectivity index (χ0v) is 12.3. The predicted octanol–water partition coefficient (Wildman–Crippen LogP) is 2.61. The second-order valence-electron chi connectivity index (χ2n) is 5.30. The summed E-state index contributed by atoms with van der Waals surface area (Å²) in [4.78, 5) is 20.3. The number of hydrogen-bond acceptors (Lipinski definition) is 4. The molecule has 19 heavy (non-hydrogen) atoms. The summed E-state index contributed by atoms with van der Waals surface area (Å²) in [5.74, 6) is 0.527. The maximum atomic E-state index is 12.0. The normalized spacial score (nSPS) is 11.2. The molecule has 0 spiro atoms. The van der Waals surface area contributed by atoms with Gasteiger partial charge in [0.05, 0.1) is 12.4 Å². The first kappa shape index (κ1) is 15.4. The van der Waals surface area contributed by atoms with E-state index in [0.29, 0.717) is 11.5 Å². The Morgan fingerprint density at radius 1 is 1.21 bits per heavy atom. The molecule has 0 bridgehead atoms. The summed E-state index contributed by atoms with van der Waals surface area (Å²) in [6, 6.07) is 0. The Morgan fingerprint density at radius 3 is 2.47 bits per heavy atom. The van der Waals surface area contributed by atoms with Crippen molar-refractivity contribution in [2.75, 3.05) is 11.9 Å². The highest BCUT2D eigenvalue weighted by atomic mass is 16.2.